The Bertz CT molecular complexity index is 819. The highest BCUT2D eigenvalue weighted by Crippen LogP contribution is 2.22. The number of ether oxygens (including phenoxy) is 2. The third-order valence-corrected chi connectivity index (χ3v) is 7.17. The molecule has 0 bridgehead atoms. The molecule has 2 heteroatoms. The minimum absolute atomic E-state index is 0.663. The second-order valence-electron chi connectivity index (χ2n) is 10.0. The molecule has 2 unspecified atom stereocenters. The number of allylic oxidation sites excluding steroid dienone is 2. The molecule has 0 aliphatic heterocycles. The predicted molar refractivity (Wildman–Crippen MR) is 152 cm³/mol. The Morgan fingerprint density at radius 2 is 1.20 bits per heavy atom. The van der Waals surface area contributed by atoms with Gasteiger partial charge in [0.25, 0.3) is 0 Å². The zero-order valence-corrected chi connectivity index (χ0v) is 23.2. The number of rotatable bonds is 18. The fourth-order valence-corrected chi connectivity index (χ4v) is 4.36. The van der Waals surface area contributed by atoms with Gasteiger partial charge < -0.3 is 9.47 Å². The monoisotopic (exact) mass is 478 g/mol. The van der Waals surface area contributed by atoms with Crippen LogP contribution in [0.4, 0.5) is 0 Å². The van der Waals surface area contributed by atoms with Crippen molar-refractivity contribution >= 4 is 5.57 Å². The average Bonchev–Trinajstić information content (AvgIpc) is 2.90. The Balaban J connectivity index is 1.77. The third-order valence-electron chi connectivity index (χ3n) is 7.17. The van der Waals surface area contributed by atoms with Crippen LogP contribution in [0.3, 0.4) is 0 Å². The number of hydrogen-bond acceptors (Lipinski definition) is 2. The van der Waals surface area contributed by atoms with Crippen LogP contribution in [0.2, 0.25) is 0 Å². The van der Waals surface area contributed by atoms with Gasteiger partial charge in [-0.05, 0) is 85.4 Å². The summed E-state index contributed by atoms with van der Waals surface area (Å²) in [5, 5.41) is 0. The fraction of sp³-hybridized carbons (Fsp3) is 0.576. The van der Waals surface area contributed by atoms with E-state index in [9.17, 15) is 0 Å². The fourth-order valence-electron chi connectivity index (χ4n) is 4.36. The molecule has 0 aliphatic carbocycles. The van der Waals surface area contributed by atoms with Gasteiger partial charge >= 0.3 is 0 Å². The highest BCUT2D eigenvalue weighted by Gasteiger charge is 2.08. The standard InChI is InChI=1S/C33H50O2/c1-6-10-14-28(8-3)25-34-32-21-17-30(18-22-32)16-12-13-27(5)31-19-23-33(24-20-31)35-26-29(9-4)15-11-7-2/h13,17-24,28-29H,6-12,14-16,25-26H2,1-5H3/b27-13+. The summed E-state index contributed by atoms with van der Waals surface area (Å²) in [7, 11) is 0. The van der Waals surface area contributed by atoms with Gasteiger partial charge in [0.1, 0.15) is 11.5 Å². The lowest BCUT2D eigenvalue weighted by atomic mass is 10.0. The molecule has 2 rings (SSSR count). The molecule has 35 heavy (non-hydrogen) atoms. The molecule has 2 aromatic carbocycles. The smallest absolute Gasteiger partial charge is 0.119 e. The van der Waals surface area contributed by atoms with Crippen LogP contribution in [0.15, 0.2) is 54.6 Å². The molecule has 0 heterocycles. The molecule has 0 saturated carbocycles. The van der Waals surface area contributed by atoms with Gasteiger partial charge in [0, 0.05) is 0 Å². The summed E-state index contributed by atoms with van der Waals surface area (Å²) in [6.07, 6.45) is 14.4. The Hall–Kier alpha value is -2.22. The molecule has 0 saturated heterocycles. The molecule has 2 atom stereocenters. The first-order valence-corrected chi connectivity index (χ1v) is 14.2. The van der Waals surface area contributed by atoms with Gasteiger partial charge in [-0.15, -0.1) is 0 Å². The zero-order valence-electron chi connectivity index (χ0n) is 23.2. The van der Waals surface area contributed by atoms with Crippen LogP contribution < -0.4 is 9.47 Å². The van der Waals surface area contributed by atoms with E-state index in [1.165, 1.54) is 68.1 Å². The Labute approximate surface area is 216 Å². The summed E-state index contributed by atoms with van der Waals surface area (Å²) in [5.41, 5.74) is 3.95. The van der Waals surface area contributed by atoms with E-state index in [2.05, 4.69) is 89.2 Å². The van der Waals surface area contributed by atoms with Gasteiger partial charge in [0.15, 0.2) is 0 Å². The zero-order chi connectivity index (χ0) is 25.3. The molecule has 0 radical (unpaired) electrons. The molecule has 0 aliphatic rings. The minimum Gasteiger partial charge on any atom is -0.493 e. The third kappa shape index (κ3) is 11.4. The molecule has 194 valence electrons. The Kier molecular flexibility index (Phi) is 14.3. The van der Waals surface area contributed by atoms with Gasteiger partial charge in [-0.3, -0.25) is 0 Å². The quantitative estimate of drug-likeness (QED) is 0.212. The van der Waals surface area contributed by atoms with E-state index in [0.717, 1.165) is 37.6 Å². The van der Waals surface area contributed by atoms with E-state index in [0.29, 0.717) is 11.8 Å². The molecule has 0 aromatic heterocycles. The normalized spacial score (nSPS) is 13.5. The van der Waals surface area contributed by atoms with Crippen LogP contribution in [0, 0.1) is 11.8 Å². The van der Waals surface area contributed by atoms with Gasteiger partial charge in [-0.25, -0.2) is 0 Å². The highest BCUT2D eigenvalue weighted by molar-refractivity contribution is 5.64. The molecule has 2 aromatic rings. The molecule has 0 N–H and O–H groups in total. The summed E-state index contributed by atoms with van der Waals surface area (Å²) in [6, 6.07) is 17.3. The van der Waals surface area contributed by atoms with E-state index < -0.39 is 0 Å². The van der Waals surface area contributed by atoms with Crippen molar-refractivity contribution in [3.63, 3.8) is 0 Å². The van der Waals surface area contributed by atoms with Crippen molar-refractivity contribution < 1.29 is 9.47 Å². The summed E-state index contributed by atoms with van der Waals surface area (Å²) in [5.74, 6) is 3.31. The van der Waals surface area contributed by atoms with E-state index in [1.54, 1.807) is 0 Å². The van der Waals surface area contributed by atoms with Crippen LogP contribution in [0.1, 0.15) is 104 Å². The van der Waals surface area contributed by atoms with Crippen molar-refractivity contribution in [1.29, 1.82) is 0 Å². The van der Waals surface area contributed by atoms with Crippen LogP contribution in [-0.2, 0) is 6.42 Å². The van der Waals surface area contributed by atoms with Gasteiger partial charge in [0.2, 0.25) is 0 Å². The van der Waals surface area contributed by atoms with Crippen LogP contribution in [0.5, 0.6) is 11.5 Å². The van der Waals surface area contributed by atoms with Gasteiger partial charge in [0.05, 0.1) is 13.2 Å². The van der Waals surface area contributed by atoms with Gasteiger partial charge in [-0.1, -0.05) is 96.6 Å². The van der Waals surface area contributed by atoms with Crippen molar-refractivity contribution in [3.8, 4) is 11.5 Å². The number of benzene rings is 2. The van der Waals surface area contributed by atoms with Crippen LogP contribution in [0.25, 0.3) is 5.57 Å². The maximum atomic E-state index is 6.06. The lowest BCUT2D eigenvalue weighted by molar-refractivity contribution is 0.233. The van der Waals surface area contributed by atoms with Crippen LogP contribution in [-0.4, -0.2) is 13.2 Å². The molecule has 0 fully saturated rings. The second kappa shape index (κ2) is 17.2. The van der Waals surface area contributed by atoms with E-state index in [-0.39, 0.29) is 0 Å². The summed E-state index contributed by atoms with van der Waals surface area (Å²) < 4.78 is 12.1. The lowest BCUT2D eigenvalue weighted by Crippen LogP contribution is -2.11. The highest BCUT2D eigenvalue weighted by atomic mass is 16.5. The Morgan fingerprint density at radius 1 is 0.714 bits per heavy atom. The van der Waals surface area contributed by atoms with E-state index >= 15 is 0 Å². The first-order valence-electron chi connectivity index (χ1n) is 14.2. The topological polar surface area (TPSA) is 18.5 Å². The Morgan fingerprint density at radius 3 is 1.66 bits per heavy atom. The molecular formula is C33H50O2. The summed E-state index contributed by atoms with van der Waals surface area (Å²) in [4.78, 5) is 0. The number of unbranched alkanes of at least 4 members (excludes halogenated alkanes) is 2. The van der Waals surface area contributed by atoms with Crippen molar-refractivity contribution in [2.45, 2.75) is 98.8 Å². The average molecular weight is 479 g/mol. The van der Waals surface area contributed by atoms with Crippen molar-refractivity contribution in [1.82, 2.24) is 0 Å². The molecule has 2 nitrogen and oxygen atoms in total. The van der Waals surface area contributed by atoms with Gasteiger partial charge in [-0.2, -0.15) is 0 Å². The summed E-state index contributed by atoms with van der Waals surface area (Å²) in [6.45, 7) is 12.9. The SMILES string of the molecule is CCCCC(CC)COc1ccc(CC/C=C(\C)c2ccc(OCC(CC)CCCC)cc2)cc1. The van der Waals surface area contributed by atoms with Crippen molar-refractivity contribution in [2.24, 2.45) is 11.8 Å². The maximum Gasteiger partial charge on any atom is 0.119 e. The molecule has 0 amide bonds. The molecule has 0 spiro atoms. The number of aryl methyl sites for hydroxylation is 1. The van der Waals surface area contributed by atoms with Crippen molar-refractivity contribution in [3.05, 3.63) is 65.7 Å². The first kappa shape index (κ1) is 29.0. The lowest BCUT2D eigenvalue weighted by Gasteiger charge is -2.16. The van der Waals surface area contributed by atoms with Crippen LogP contribution >= 0.6 is 0 Å². The largest absolute Gasteiger partial charge is 0.493 e. The van der Waals surface area contributed by atoms with E-state index in [4.69, 9.17) is 9.47 Å². The number of hydrogen-bond donors (Lipinski definition) is 0. The van der Waals surface area contributed by atoms with E-state index in [1.807, 2.05) is 0 Å². The second-order valence-corrected chi connectivity index (χ2v) is 10.0. The predicted octanol–water partition coefficient (Wildman–Crippen LogP) is 9.91. The minimum atomic E-state index is 0.663. The first-order chi connectivity index (χ1) is 17.1. The maximum absolute atomic E-state index is 6.06. The molecular weight excluding hydrogens is 428 g/mol. The summed E-state index contributed by atoms with van der Waals surface area (Å²) >= 11 is 0. The van der Waals surface area contributed by atoms with Crippen molar-refractivity contribution in [2.75, 3.05) is 13.2 Å².